The van der Waals surface area contributed by atoms with Gasteiger partial charge in [-0.1, -0.05) is 0 Å². The van der Waals surface area contributed by atoms with Gasteiger partial charge in [0.15, 0.2) is 0 Å². The van der Waals surface area contributed by atoms with Gasteiger partial charge in [0.2, 0.25) is 0 Å². The van der Waals surface area contributed by atoms with Crippen LogP contribution in [0.15, 0.2) is 18.2 Å². The van der Waals surface area contributed by atoms with Crippen LogP contribution in [0.4, 0.5) is 0 Å². The van der Waals surface area contributed by atoms with Gasteiger partial charge in [-0.2, -0.15) is 0 Å². The molecule has 1 rings (SSSR count). The van der Waals surface area contributed by atoms with Gasteiger partial charge in [-0.15, -0.1) is 0 Å². The first-order chi connectivity index (χ1) is 9.04. The summed E-state index contributed by atoms with van der Waals surface area (Å²) in [6.07, 6.45) is -1.23. The lowest BCUT2D eigenvalue weighted by Gasteiger charge is -2.20. The molecule has 2 unspecified atom stereocenters. The Kier molecular flexibility index (Phi) is 5.59. The number of nitrogens with two attached hydrogens (primary N) is 1. The van der Waals surface area contributed by atoms with Crippen molar-refractivity contribution in [3.05, 3.63) is 23.8 Å². The van der Waals surface area contributed by atoms with Crippen molar-refractivity contribution < 1.29 is 24.1 Å². The van der Waals surface area contributed by atoms with E-state index in [9.17, 15) is 9.90 Å². The largest absolute Gasteiger partial charge is 0.497 e. The van der Waals surface area contributed by atoms with Gasteiger partial charge in [-0.05, 0) is 25.1 Å². The van der Waals surface area contributed by atoms with E-state index in [-0.39, 0.29) is 6.61 Å². The summed E-state index contributed by atoms with van der Waals surface area (Å²) < 4.78 is 15.0. The van der Waals surface area contributed by atoms with E-state index in [1.54, 1.807) is 25.1 Å². The minimum absolute atomic E-state index is 0.203. The third-order valence-electron chi connectivity index (χ3n) is 2.65. The number of hydrogen-bond acceptors (Lipinski definition) is 6. The van der Waals surface area contributed by atoms with Gasteiger partial charge in [-0.25, -0.2) is 0 Å². The fraction of sp³-hybridized carbons (Fsp3) is 0.462. The summed E-state index contributed by atoms with van der Waals surface area (Å²) in [6.45, 7) is 1.87. The fourth-order valence-corrected chi connectivity index (χ4v) is 1.63. The van der Waals surface area contributed by atoms with Crippen LogP contribution in [-0.2, 0) is 9.53 Å². The average molecular weight is 269 g/mol. The van der Waals surface area contributed by atoms with Crippen LogP contribution in [0.2, 0.25) is 0 Å². The van der Waals surface area contributed by atoms with Crippen molar-refractivity contribution >= 4 is 5.97 Å². The zero-order valence-corrected chi connectivity index (χ0v) is 11.3. The molecule has 0 saturated carbocycles. The van der Waals surface area contributed by atoms with Gasteiger partial charge in [0.05, 0.1) is 20.8 Å². The van der Waals surface area contributed by atoms with Crippen LogP contribution in [0.1, 0.15) is 18.6 Å². The molecule has 0 spiro atoms. The van der Waals surface area contributed by atoms with Gasteiger partial charge in [-0.3, -0.25) is 4.79 Å². The van der Waals surface area contributed by atoms with Crippen molar-refractivity contribution in [2.45, 2.75) is 19.1 Å². The SMILES string of the molecule is CCOC(=O)C(N)C(O)c1cc(OC)ccc1OC. The summed E-state index contributed by atoms with van der Waals surface area (Å²) in [7, 11) is 2.97. The number of hydrogen-bond donors (Lipinski definition) is 2. The molecule has 19 heavy (non-hydrogen) atoms. The normalized spacial score (nSPS) is 13.5. The Morgan fingerprint density at radius 3 is 2.58 bits per heavy atom. The van der Waals surface area contributed by atoms with Crippen molar-refractivity contribution in [1.82, 2.24) is 0 Å². The number of aliphatic hydroxyl groups excluding tert-OH is 1. The molecule has 3 N–H and O–H groups in total. The first-order valence-corrected chi connectivity index (χ1v) is 5.87. The number of methoxy groups -OCH3 is 2. The van der Waals surface area contributed by atoms with E-state index in [2.05, 4.69) is 0 Å². The molecule has 0 heterocycles. The van der Waals surface area contributed by atoms with E-state index in [4.69, 9.17) is 19.9 Å². The lowest BCUT2D eigenvalue weighted by atomic mass is 10.0. The fourth-order valence-electron chi connectivity index (χ4n) is 1.63. The summed E-state index contributed by atoms with van der Waals surface area (Å²) >= 11 is 0. The average Bonchev–Trinajstić information content (AvgIpc) is 2.45. The first-order valence-electron chi connectivity index (χ1n) is 5.87. The van der Waals surface area contributed by atoms with Crippen molar-refractivity contribution in [3.63, 3.8) is 0 Å². The number of rotatable bonds is 6. The van der Waals surface area contributed by atoms with Gasteiger partial charge in [0, 0.05) is 5.56 Å². The minimum Gasteiger partial charge on any atom is -0.497 e. The first kappa shape index (κ1) is 15.3. The van der Waals surface area contributed by atoms with Crippen LogP contribution in [0.25, 0.3) is 0 Å². The molecule has 0 saturated heterocycles. The van der Waals surface area contributed by atoms with Crippen LogP contribution in [0.3, 0.4) is 0 Å². The topological polar surface area (TPSA) is 91.0 Å². The molecule has 106 valence electrons. The van der Waals surface area contributed by atoms with Gasteiger partial charge in [0.1, 0.15) is 23.6 Å². The van der Waals surface area contributed by atoms with Crippen molar-refractivity contribution in [1.29, 1.82) is 0 Å². The molecule has 0 aliphatic rings. The molecule has 0 fully saturated rings. The van der Waals surface area contributed by atoms with Crippen molar-refractivity contribution in [2.75, 3.05) is 20.8 Å². The van der Waals surface area contributed by atoms with Crippen LogP contribution in [-0.4, -0.2) is 37.9 Å². The molecule has 1 aromatic rings. The predicted octanol–water partition coefficient (Wildman–Crippen LogP) is 0.628. The third-order valence-corrected chi connectivity index (χ3v) is 2.65. The van der Waals surface area contributed by atoms with E-state index in [0.717, 1.165) is 0 Å². The van der Waals surface area contributed by atoms with E-state index < -0.39 is 18.1 Å². The molecule has 0 bridgehead atoms. The second kappa shape index (κ2) is 6.96. The Morgan fingerprint density at radius 2 is 2.05 bits per heavy atom. The van der Waals surface area contributed by atoms with E-state index in [1.807, 2.05) is 0 Å². The second-order valence-electron chi connectivity index (χ2n) is 3.83. The minimum atomic E-state index is -1.23. The smallest absolute Gasteiger partial charge is 0.325 e. The monoisotopic (exact) mass is 269 g/mol. The van der Waals surface area contributed by atoms with Crippen LogP contribution >= 0.6 is 0 Å². The summed E-state index contributed by atoms with van der Waals surface area (Å²) in [5.41, 5.74) is 6.05. The Morgan fingerprint density at radius 1 is 1.37 bits per heavy atom. The van der Waals surface area contributed by atoms with Crippen LogP contribution in [0.5, 0.6) is 11.5 Å². The highest BCUT2D eigenvalue weighted by Crippen LogP contribution is 2.30. The molecular weight excluding hydrogens is 250 g/mol. The van der Waals surface area contributed by atoms with Crippen LogP contribution < -0.4 is 15.2 Å². The van der Waals surface area contributed by atoms with Crippen LogP contribution in [0, 0.1) is 0 Å². The number of benzene rings is 1. The Bertz CT molecular complexity index is 435. The Balaban J connectivity index is 3.02. The lowest BCUT2D eigenvalue weighted by Crippen LogP contribution is -2.38. The zero-order chi connectivity index (χ0) is 14.4. The standard InChI is InChI=1S/C13H19NO5/c1-4-19-13(16)11(14)12(15)9-7-8(17-2)5-6-10(9)18-3/h5-7,11-12,15H,4,14H2,1-3H3. The summed E-state index contributed by atoms with van der Waals surface area (Å²) in [5, 5.41) is 10.2. The van der Waals surface area contributed by atoms with E-state index in [0.29, 0.717) is 17.1 Å². The van der Waals surface area contributed by atoms with E-state index >= 15 is 0 Å². The molecule has 1 aromatic carbocycles. The maximum atomic E-state index is 11.5. The lowest BCUT2D eigenvalue weighted by molar-refractivity contribution is -0.147. The molecule has 0 aliphatic carbocycles. The quantitative estimate of drug-likeness (QED) is 0.736. The molecule has 0 radical (unpaired) electrons. The summed E-state index contributed by atoms with van der Waals surface area (Å²) in [6, 6.07) is 3.71. The number of esters is 1. The molecule has 2 atom stereocenters. The van der Waals surface area contributed by atoms with Gasteiger partial charge < -0.3 is 25.1 Å². The highest BCUT2D eigenvalue weighted by atomic mass is 16.5. The maximum Gasteiger partial charge on any atom is 0.325 e. The highest BCUT2D eigenvalue weighted by Gasteiger charge is 2.28. The van der Waals surface area contributed by atoms with E-state index in [1.165, 1.54) is 14.2 Å². The maximum absolute atomic E-state index is 11.5. The molecule has 6 nitrogen and oxygen atoms in total. The number of aliphatic hydroxyl groups is 1. The molecule has 6 heteroatoms. The Labute approximate surface area is 112 Å². The Hall–Kier alpha value is -1.79. The molecule has 0 amide bonds. The summed E-state index contributed by atoms with van der Waals surface area (Å²) in [4.78, 5) is 11.5. The van der Waals surface area contributed by atoms with Crippen molar-refractivity contribution in [3.8, 4) is 11.5 Å². The zero-order valence-electron chi connectivity index (χ0n) is 11.3. The number of carbonyl (C=O) groups excluding carboxylic acids is 1. The molecule has 0 aliphatic heterocycles. The predicted molar refractivity (Wildman–Crippen MR) is 69.1 cm³/mol. The van der Waals surface area contributed by atoms with Gasteiger partial charge in [0.25, 0.3) is 0 Å². The third kappa shape index (κ3) is 3.59. The number of carbonyl (C=O) groups is 1. The van der Waals surface area contributed by atoms with Crippen molar-refractivity contribution in [2.24, 2.45) is 5.73 Å². The second-order valence-corrected chi connectivity index (χ2v) is 3.83. The molecular formula is C13H19NO5. The molecule has 0 aromatic heterocycles. The summed E-state index contributed by atoms with van der Waals surface area (Å²) in [5.74, 6) is 0.291. The van der Waals surface area contributed by atoms with Gasteiger partial charge >= 0.3 is 5.97 Å². The number of ether oxygens (including phenoxy) is 3. The highest BCUT2D eigenvalue weighted by molar-refractivity contribution is 5.76.